The van der Waals surface area contributed by atoms with Gasteiger partial charge in [0.05, 0.1) is 0 Å². The molecule has 4 heteroatoms. The molecule has 0 saturated heterocycles. The van der Waals surface area contributed by atoms with Crippen molar-refractivity contribution in [2.45, 2.75) is 25.8 Å². The molecule has 0 aromatic heterocycles. The fourth-order valence-corrected chi connectivity index (χ4v) is 0.441. The zero-order chi connectivity index (χ0) is 7.28. The summed E-state index contributed by atoms with van der Waals surface area (Å²) < 4.78 is 0. The van der Waals surface area contributed by atoms with Gasteiger partial charge in [0, 0.05) is 12.5 Å². The smallest absolute Gasteiger partial charge is 0.235 e. The van der Waals surface area contributed by atoms with Crippen LogP contribution in [-0.2, 0) is 4.79 Å². The number of carbonyl (C=O) groups excluding carboxylic acids is 1. The summed E-state index contributed by atoms with van der Waals surface area (Å²) in [6, 6.07) is -0.0615. The molecule has 1 atom stereocenters. The van der Waals surface area contributed by atoms with Gasteiger partial charge in [0.15, 0.2) is 0 Å². The molecule has 4 nitrogen and oxygen atoms in total. The summed E-state index contributed by atoms with van der Waals surface area (Å²) in [6.07, 6.45) is 1.11. The van der Waals surface area contributed by atoms with Gasteiger partial charge in [-0.3, -0.25) is 10.2 Å². The Labute approximate surface area is 54.6 Å². The molecule has 9 heavy (non-hydrogen) atoms. The van der Waals surface area contributed by atoms with E-state index in [-0.39, 0.29) is 11.9 Å². The molecule has 0 aromatic rings. The minimum atomic E-state index is -0.204. The molecule has 0 spiro atoms. The highest BCUT2D eigenvalue weighted by atomic mass is 16.2. The lowest BCUT2D eigenvalue weighted by molar-refractivity contribution is -0.121. The Morgan fingerprint density at radius 3 is 2.67 bits per heavy atom. The van der Waals surface area contributed by atoms with Crippen molar-refractivity contribution in [3.05, 3.63) is 0 Å². The molecular weight excluding hydrogens is 118 g/mol. The Balaban J connectivity index is 3.34. The normalized spacial score (nSPS) is 12.8. The van der Waals surface area contributed by atoms with Crippen LogP contribution in [0.5, 0.6) is 0 Å². The molecule has 54 valence electrons. The Morgan fingerprint density at radius 1 is 1.78 bits per heavy atom. The molecule has 0 aliphatic heterocycles. The molecule has 0 aliphatic rings. The fraction of sp³-hybridized carbons (Fsp3) is 0.800. The fourth-order valence-electron chi connectivity index (χ4n) is 0.441. The van der Waals surface area contributed by atoms with E-state index >= 15 is 0 Å². The summed E-state index contributed by atoms with van der Waals surface area (Å²) >= 11 is 0. The summed E-state index contributed by atoms with van der Waals surface area (Å²) in [7, 11) is 0. The van der Waals surface area contributed by atoms with Gasteiger partial charge in [-0.05, 0) is 6.42 Å². The third-order valence-corrected chi connectivity index (χ3v) is 1.13. The van der Waals surface area contributed by atoms with E-state index in [9.17, 15) is 4.79 Å². The average molecular weight is 131 g/mol. The molecule has 0 aliphatic carbocycles. The second kappa shape index (κ2) is 4.29. The van der Waals surface area contributed by atoms with Crippen LogP contribution < -0.4 is 17.0 Å². The lowest BCUT2D eigenvalue weighted by atomic mass is 10.2. The molecule has 1 amide bonds. The first-order valence-corrected chi connectivity index (χ1v) is 2.95. The van der Waals surface area contributed by atoms with Gasteiger partial charge in [-0.25, -0.2) is 5.84 Å². The predicted molar refractivity (Wildman–Crippen MR) is 35.2 cm³/mol. The van der Waals surface area contributed by atoms with Crippen molar-refractivity contribution in [3.8, 4) is 0 Å². The van der Waals surface area contributed by atoms with Crippen LogP contribution in [0.1, 0.15) is 19.8 Å². The molecule has 0 rings (SSSR count). The van der Waals surface area contributed by atoms with Gasteiger partial charge in [-0.15, -0.1) is 0 Å². The largest absolute Gasteiger partial charge is 0.327 e. The monoisotopic (exact) mass is 131 g/mol. The summed E-state index contributed by atoms with van der Waals surface area (Å²) in [6.45, 7) is 1.93. The number of amides is 1. The molecule has 0 fully saturated rings. The molecular formula is C5H13N3O. The highest BCUT2D eigenvalue weighted by Gasteiger charge is 2.03. The van der Waals surface area contributed by atoms with Crippen LogP contribution in [0.25, 0.3) is 0 Å². The maximum Gasteiger partial charge on any atom is 0.235 e. The zero-order valence-electron chi connectivity index (χ0n) is 5.55. The third-order valence-electron chi connectivity index (χ3n) is 1.13. The number of hydrogen-bond donors (Lipinski definition) is 3. The van der Waals surface area contributed by atoms with Crippen LogP contribution >= 0.6 is 0 Å². The lowest BCUT2D eigenvalue weighted by Gasteiger charge is -2.05. The summed E-state index contributed by atoms with van der Waals surface area (Å²) in [4.78, 5) is 10.5. The van der Waals surface area contributed by atoms with E-state index in [1.54, 1.807) is 0 Å². The van der Waals surface area contributed by atoms with Crippen LogP contribution in [-0.4, -0.2) is 11.9 Å². The van der Waals surface area contributed by atoms with Gasteiger partial charge in [0.2, 0.25) is 5.91 Å². The summed E-state index contributed by atoms with van der Waals surface area (Å²) in [5, 5.41) is 0. The molecule has 0 saturated carbocycles. The molecule has 5 N–H and O–H groups in total. The van der Waals surface area contributed by atoms with Crippen LogP contribution in [0.2, 0.25) is 0 Å². The second-order valence-electron chi connectivity index (χ2n) is 1.94. The van der Waals surface area contributed by atoms with Crippen molar-refractivity contribution in [3.63, 3.8) is 0 Å². The van der Waals surface area contributed by atoms with Gasteiger partial charge < -0.3 is 5.73 Å². The standard InChI is InChI=1S/C5H13N3O/c1-2-4(6)3-5(9)8-7/h4H,2-3,6-7H2,1H3,(H,8,9). The van der Waals surface area contributed by atoms with E-state index in [0.717, 1.165) is 6.42 Å². The molecule has 1 unspecified atom stereocenters. The minimum Gasteiger partial charge on any atom is -0.327 e. The van der Waals surface area contributed by atoms with Gasteiger partial charge in [0.1, 0.15) is 0 Å². The van der Waals surface area contributed by atoms with Crippen molar-refractivity contribution in [1.82, 2.24) is 5.43 Å². The van der Waals surface area contributed by atoms with E-state index in [1.165, 1.54) is 0 Å². The van der Waals surface area contributed by atoms with E-state index in [4.69, 9.17) is 11.6 Å². The van der Waals surface area contributed by atoms with E-state index in [2.05, 4.69) is 0 Å². The topological polar surface area (TPSA) is 81.1 Å². The Bertz CT molecular complexity index is 94.2. The number of hydrazine groups is 1. The Morgan fingerprint density at radius 2 is 2.33 bits per heavy atom. The summed E-state index contributed by atoms with van der Waals surface area (Å²) in [5.74, 6) is 4.62. The zero-order valence-corrected chi connectivity index (χ0v) is 5.55. The van der Waals surface area contributed by atoms with Gasteiger partial charge in [-0.2, -0.15) is 0 Å². The predicted octanol–water partition coefficient (Wildman–Crippen LogP) is -0.896. The summed E-state index contributed by atoms with van der Waals surface area (Å²) in [5.41, 5.74) is 7.44. The SMILES string of the molecule is CCC(N)CC(=O)NN. The first kappa shape index (κ1) is 8.39. The third kappa shape index (κ3) is 3.93. The van der Waals surface area contributed by atoms with Crippen molar-refractivity contribution in [1.29, 1.82) is 0 Å². The number of rotatable bonds is 3. The van der Waals surface area contributed by atoms with Crippen LogP contribution in [0, 0.1) is 0 Å². The van der Waals surface area contributed by atoms with E-state index < -0.39 is 0 Å². The highest BCUT2D eigenvalue weighted by Crippen LogP contribution is 1.90. The quantitative estimate of drug-likeness (QED) is 0.264. The molecule has 0 heterocycles. The van der Waals surface area contributed by atoms with Gasteiger partial charge in [0.25, 0.3) is 0 Å². The first-order chi connectivity index (χ1) is 4.20. The first-order valence-electron chi connectivity index (χ1n) is 2.95. The van der Waals surface area contributed by atoms with Crippen LogP contribution in [0.3, 0.4) is 0 Å². The Kier molecular flexibility index (Phi) is 4.00. The molecule has 0 aromatic carbocycles. The van der Waals surface area contributed by atoms with Gasteiger partial charge in [-0.1, -0.05) is 6.92 Å². The van der Waals surface area contributed by atoms with Crippen molar-refractivity contribution < 1.29 is 4.79 Å². The maximum absolute atomic E-state index is 10.5. The lowest BCUT2D eigenvalue weighted by Crippen LogP contribution is -2.35. The van der Waals surface area contributed by atoms with Crippen LogP contribution in [0.15, 0.2) is 0 Å². The number of nitrogens with two attached hydrogens (primary N) is 2. The van der Waals surface area contributed by atoms with Crippen molar-refractivity contribution in [2.24, 2.45) is 11.6 Å². The number of nitrogens with one attached hydrogen (secondary N) is 1. The maximum atomic E-state index is 10.5. The number of hydrogen-bond acceptors (Lipinski definition) is 3. The molecule has 0 radical (unpaired) electrons. The Hall–Kier alpha value is -0.610. The average Bonchev–Trinajstić information content (AvgIpc) is 1.87. The van der Waals surface area contributed by atoms with Crippen LogP contribution in [0.4, 0.5) is 0 Å². The van der Waals surface area contributed by atoms with Crippen molar-refractivity contribution in [2.75, 3.05) is 0 Å². The highest BCUT2D eigenvalue weighted by molar-refractivity contribution is 5.75. The van der Waals surface area contributed by atoms with Crippen molar-refractivity contribution >= 4 is 5.91 Å². The van der Waals surface area contributed by atoms with E-state index in [1.807, 2.05) is 12.3 Å². The molecule has 0 bridgehead atoms. The number of carbonyl (C=O) groups is 1. The second-order valence-corrected chi connectivity index (χ2v) is 1.94. The van der Waals surface area contributed by atoms with E-state index in [0.29, 0.717) is 6.42 Å². The van der Waals surface area contributed by atoms with Gasteiger partial charge >= 0.3 is 0 Å². The minimum absolute atomic E-state index is 0.0615.